The summed E-state index contributed by atoms with van der Waals surface area (Å²) in [7, 11) is 0. The standard InChI is InChI=1S/C20H25ClN4O4/c1-2-24-17(26)12-23-25(19(24)28)14-7-8-16(21)15(11-14)18(27)22-13-20(29)9-5-3-4-6-10-20/h7-8,11-12,29H,2-6,9-10,13H2,1H3,(H,22,27). The van der Waals surface area contributed by atoms with E-state index in [9.17, 15) is 19.5 Å². The van der Waals surface area contributed by atoms with Crippen LogP contribution in [0.1, 0.15) is 55.8 Å². The van der Waals surface area contributed by atoms with Crippen molar-refractivity contribution in [2.75, 3.05) is 6.54 Å². The summed E-state index contributed by atoms with van der Waals surface area (Å²) in [5.74, 6) is -0.439. The number of amides is 1. The van der Waals surface area contributed by atoms with Crippen molar-refractivity contribution in [3.8, 4) is 5.69 Å². The highest BCUT2D eigenvalue weighted by molar-refractivity contribution is 6.33. The van der Waals surface area contributed by atoms with E-state index < -0.39 is 22.8 Å². The van der Waals surface area contributed by atoms with Gasteiger partial charge in [-0.05, 0) is 38.0 Å². The summed E-state index contributed by atoms with van der Waals surface area (Å²) in [5, 5.41) is 17.6. The molecule has 1 amide bonds. The molecule has 9 heteroatoms. The van der Waals surface area contributed by atoms with Crippen molar-refractivity contribution in [1.82, 2.24) is 19.7 Å². The van der Waals surface area contributed by atoms with Gasteiger partial charge in [-0.25, -0.2) is 4.79 Å². The van der Waals surface area contributed by atoms with Gasteiger partial charge in [-0.1, -0.05) is 37.3 Å². The monoisotopic (exact) mass is 420 g/mol. The highest BCUT2D eigenvalue weighted by Crippen LogP contribution is 2.26. The lowest BCUT2D eigenvalue weighted by Gasteiger charge is -2.26. The number of aromatic nitrogens is 3. The molecule has 2 aromatic rings. The van der Waals surface area contributed by atoms with E-state index in [2.05, 4.69) is 10.4 Å². The van der Waals surface area contributed by atoms with E-state index in [1.165, 1.54) is 12.1 Å². The normalized spacial score (nSPS) is 16.2. The number of hydrogen-bond acceptors (Lipinski definition) is 5. The third kappa shape index (κ3) is 4.76. The first-order valence-electron chi connectivity index (χ1n) is 9.84. The molecule has 0 radical (unpaired) electrons. The van der Waals surface area contributed by atoms with E-state index in [1.807, 2.05) is 0 Å². The molecule has 156 valence electrons. The van der Waals surface area contributed by atoms with Gasteiger partial charge in [0.05, 0.1) is 21.9 Å². The number of carbonyl (C=O) groups excluding carboxylic acids is 1. The van der Waals surface area contributed by atoms with Crippen molar-refractivity contribution in [3.63, 3.8) is 0 Å². The largest absolute Gasteiger partial charge is 0.388 e. The van der Waals surface area contributed by atoms with Crippen molar-refractivity contribution in [2.45, 2.75) is 57.6 Å². The fraction of sp³-hybridized carbons (Fsp3) is 0.500. The van der Waals surface area contributed by atoms with E-state index in [4.69, 9.17) is 11.6 Å². The number of benzene rings is 1. The summed E-state index contributed by atoms with van der Waals surface area (Å²) in [6.07, 6.45) is 6.41. The zero-order valence-corrected chi connectivity index (χ0v) is 17.1. The van der Waals surface area contributed by atoms with Crippen LogP contribution in [0, 0.1) is 0 Å². The van der Waals surface area contributed by atoms with Crippen LogP contribution in [-0.4, -0.2) is 37.5 Å². The molecular weight excluding hydrogens is 396 g/mol. The lowest BCUT2D eigenvalue weighted by molar-refractivity contribution is 0.0246. The molecule has 29 heavy (non-hydrogen) atoms. The van der Waals surface area contributed by atoms with Crippen LogP contribution >= 0.6 is 11.6 Å². The Kier molecular flexibility index (Phi) is 6.54. The fourth-order valence-corrected chi connectivity index (χ4v) is 3.83. The first-order chi connectivity index (χ1) is 13.8. The average molecular weight is 421 g/mol. The molecule has 1 aliphatic rings. The Bertz CT molecular complexity index is 1010. The van der Waals surface area contributed by atoms with Crippen molar-refractivity contribution in [2.24, 2.45) is 0 Å². The summed E-state index contributed by atoms with van der Waals surface area (Å²) in [4.78, 5) is 37.0. The van der Waals surface area contributed by atoms with Crippen LogP contribution in [-0.2, 0) is 6.54 Å². The lowest BCUT2D eigenvalue weighted by Crippen LogP contribution is -2.42. The molecule has 1 heterocycles. The molecule has 1 aromatic carbocycles. The summed E-state index contributed by atoms with van der Waals surface area (Å²) < 4.78 is 2.10. The van der Waals surface area contributed by atoms with Gasteiger partial charge >= 0.3 is 5.69 Å². The molecule has 1 aromatic heterocycles. The molecule has 1 aliphatic carbocycles. The average Bonchev–Trinajstić information content (AvgIpc) is 2.92. The SMILES string of the molecule is CCn1c(=O)cnn(-c2ccc(Cl)c(C(=O)NCC3(O)CCCCCC3)c2)c1=O. The van der Waals surface area contributed by atoms with E-state index in [0.717, 1.165) is 41.1 Å². The summed E-state index contributed by atoms with van der Waals surface area (Å²) >= 11 is 6.20. The molecule has 3 rings (SSSR count). The van der Waals surface area contributed by atoms with Gasteiger partial charge in [-0.3, -0.25) is 14.2 Å². The summed E-state index contributed by atoms with van der Waals surface area (Å²) in [6.45, 7) is 2.04. The van der Waals surface area contributed by atoms with Crippen LogP contribution in [0.3, 0.4) is 0 Å². The molecule has 2 N–H and O–H groups in total. The smallest absolute Gasteiger partial charge is 0.352 e. The van der Waals surface area contributed by atoms with Gasteiger partial charge in [-0.2, -0.15) is 9.78 Å². The second-order valence-corrected chi connectivity index (χ2v) is 7.81. The molecule has 0 unspecified atom stereocenters. The second-order valence-electron chi connectivity index (χ2n) is 7.41. The van der Waals surface area contributed by atoms with Gasteiger partial charge in [0.25, 0.3) is 11.5 Å². The Balaban J connectivity index is 1.85. The Morgan fingerprint density at radius 2 is 1.93 bits per heavy atom. The van der Waals surface area contributed by atoms with Crippen molar-refractivity contribution in [1.29, 1.82) is 0 Å². The van der Waals surface area contributed by atoms with Crippen LogP contribution in [0.5, 0.6) is 0 Å². The molecule has 1 saturated carbocycles. The van der Waals surface area contributed by atoms with Crippen molar-refractivity contribution < 1.29 is 9.90 Å². The summed E-state index contributed by atoms with van der Waals surface area (Å²) in [6, 6.07) is 4.51. The zero-order valence-electron chi connectivity index (χ0n) is 16.4. The minimum atomic E-state index is -0.911. The lowest BCUT2D eigenvalue weighted by atomic mass is 9.94. The topological polar surface area (TPSA) is 106 Å². The van der Waals surface area contributed by atoms with E-state index in [-0.39, 0.29) is 23.7 Å². The maximum absolute atomic E-state index is 12.7. The van der Waals surface area contributed by atoms with Crippen LogP contribution in [0.2, 0.25) is 5.02 Å². The zero-order chi connectivity index (χ0) is 21.0. The molecule has 8 nitrogen and oxygen atoms in total. The van der Waals surface area contributed by atoms with Gasteiger partial charge in [0, 0.05) is 13.1 Å². The molecule has 0 aliphatic heterocycles. The maximum atomic E-state index is 12.7. The number of nitrogens with zero attached hydrogens (tertiary/aromatic N) is 3. The number of carbonyl (C=O) groups is 1. The predicted molar refractivity (Wildman–Crippen MR) is 110 cm³/mol. The van der Waals surface area contributed by atoms with Crippen molar-refractivity contribution >= 4 is 17.5 Å². The van der Waals surface area contributed by atoms with E-state index >= 15 is 0 Å². The predicted octanol–water partition coefficient (Wildman–Crippen LogP) is 1.88. The Morgan fingerprint density at radius 3 is 2.59 bits per heavy atom. The number of rotatable bonds is 5. The maximum Gasteiger partial charge on any atom is 0.352 e. The second kappa shape index (κ2) is 8.92. The molecule has 0 saturated heterocycles. The fourth-order valence-electron chi connectivity index (χ4n) is 3.63. The van der Waals surface area contributed by atoms with E-state index in [0.29, 0.717) is 18.5 Å². The first-order valence-corrected chi connectivity index (χ1v) is 10.2. The Hall–Kier alpha value is -2.45. The van der Waals surface area contributed by atoms with Gasteiger partial charge in [-0.15, -0.1) is 0 Å². The quantitative estimate of drug-likeness (QED) is 0.718. The Morgan fingerprint density at radius 1 is 1.24 bits per heavy atom. The molecule has 1 fully saturated rings. The molecule has 0 spiro atoms. The van der Waals surface area contributed by atoms with Gasteiger partial charge in [0.2, 0.25) is 0 Å². The molecule has 0 atom stereocenters. The van der Waals surface area contributed by atoms with Crippen LogP contribution in [0.25, 0.3) is 5.69 Å². The number of halogens is 1. The van der Waals surface area contributed by atoms with Gasteiger partial charge < -0.3 is 10.4 Å². The van der Waals surface area contributed by atoms with Gasteiger partial charge in [0.15, 0.2) is 0 Å². The van der Waals surface area contributed by atoms with Crippen LogP contribution in [0.4, 0.5) is 0 Å². The van der Waals surface area contributed by atoms with Crippen LogP contribution in [0.15, 0.2) is 34.0 Å². The molecular formula is C20H25ClN4O4. The van der Waals surface area contributed by atoms with Crippen molar-refractivity contribution in [3.05, 3.63) is 55.8 Å². The van der Waals surface area contributed by atoms with Gasteiger partial charge in [0.1, 0.15) is 6.20 Å². The number of aliphatic hydroxyl groups is 1. The minimum absolute atomic E-state index is 0.144. The number of nitrogens with one attached hydrogen (secondary N) is 1. The highest BCUT2D eigenvalue weighted by atomic mass is 35.5. The third-order valence-corrected chi connectivity index (χ3v) is 5.66. The Labute approximate surface area is 173 Å². The van der Waals surface area contributed by atoms with E-state index in [1.54, 1.807) is 13.0 Å². The first kappa shape index (κ1) is 21.3. The number of hydrogen-bond donors (Lipinski definition) is 2. The minimum Gasteiger partial charge on any atom is -0.388 e. The third-order valence-electron chi connectivity index (χ3n) is 5.33. The highest BCUT2D eigenvalue weighted by Gasteiger charge is 2.28. The molecule has 0 bridgehead atoms. The summed E-state index contributed by atoms with van der Waals surface area (Å²) in [5.41, 5.74) is -1.51. The van der Waals surface area contributed by atoms with Crippen LogP contribution < -0.4 is 16.6 Å².